The van der Waals surface area contributed by atoms with Gasteiger partial charge in [0.25, 0.3) is 5.91 Å². The maximum atomic E-state index is 11.9. The van der Waals surface area contributed by atoms with E-state index < -0.39 is 0 Å². The number of aryl methyl sites for hydroxylation is 1. The molecule has 21 heavy (non-hydrogen) atoms. The van der Waals surface area contributed by atoms with Gasteiger partial charge in [0.05, 0.1) is 0 Å². The fourth-order valence-corrected chi connectivity index (χ4v) is 2.67. The van der Waals surface area contributed by atoms with Crippen molar-refractivity contribution in [2.75, 3.05) is 26.2 Å². The Hall–Kier alpha value is -1.35. The van der Waals surface area contributed by atoms with Gasteiger partial charge in [-0.05, 0) is 70.8 Å². The lowest BCUT2D eigenvalue weighted by atomic mass is 10.1. The Labute approximate surface area is 128 Å². The number of nitrogens with one attached hydrogen (secondary N) is 1. The quantitative estimate of drug-likeness (QED) is 0.781. The number of carbonyl (C=O) groups excluding carboxylic acids is 1. The number of unbranched alkanes of at least 4 members (excludes halogenated alkanes) is 2. The van der Waals surface area contributed by atoms with Crippen molar-refractivity contribution in [1.82, 2.24) is 10.2 Å². The molecule has 0 aliphatic carbocycles. The Morgan fingerprint density at radius 2 is 1.81 bits per heavy atom. The third-order valence-corrected chi connectivity index (χ3v) is 4.05. The van der Waals surface area contributed by atoms with Crippen LogP contribution in [0.15, 0.2) is 24.3 Å². The number of nitrogens with zero attached hydrogens (tertiary/aromatic N) is 1. The minimum absolute atomic E-state index is 0.0431. The second-order valence-electron chi connectivity index (χ2n) is 5.89. The average molecular weight is 287 g/mol. The smallest absolute Gasteiger partial charge is 0.251 e. The molecule has 1 saturated heterocycles. The molecule has 3 heteroatoms. The van der Waals surface area contributed by atoms with Crippen molar-refractivity contribution in [2.24, 2.45) is 0 Å². The molecule has 0 atom stereocenters. The summed E-state index contributed by atoms with van der Waals surface area (Å²) in [6.07, 6.45) is 8.36. The Morgan fingerprint density at radius 3 is 2.52 bits per heavy atom. The van der Waals surface area contributed by atoms with Crippen LogP contribution < -0.4 is 5.32 Å². The van der Waals surface area contributed by atoms with E-state index in [1.165, 1.54) is 50.9 Å². The Morgan fingerprint density at radius 1 is 1.10 bits per heavy atom. The summed E-state index contributed by atoms with van der Waals surface area (Å²) in [4.78, 5) is 14.5. The third-order valence-electron chi connectivity index (χ3n) is 4.05. The van der Waals surface area contributed by atoms with E-state index in [1.54, 1.807) is 0 Å². The van der Waals surface area contributed by atoms with Crippen LogP contribution in [0.4, 0.5) is 0 Å². The molecule has 1 N–H and O–H groups in total. The van der Waals surface area contributed by atoms with Crippen LogP contribution in [0, 0.1) is 13.3 Å². The molecular formula is C18H27N2O. The topological polar surface area (TPSA) is 32.3 Å². The van der Waals surface area contributed by atoms with Gasteiger partial charge in [-0.3, -0.25) is 4.79 Å². The fourth-order valence-electron chi connectivity index (χ4n) is 2.67. The second-order valence-corrected chi connectivity index (χ2v) is 5.89. The van der Waals surface area contributed by atoms with Gasteiger partial charge in [0.2, 0.25) is 0 Å². The van der Waals surface area contributed by atoms with Crippen LogP contribution >= 0.6 is 0 Å². The van der Waals surface area contributed by atoms with Crippen molar-refractivity contribution in [3.8, 4) is 0 Å². The zero-order valence-electron chi connectivity index (χ0n) is 13.1. The van der Waals surface area contributed by atoms with E-state index in [9.17, 15) is 4.79 Å². The molecule has 0 spiro atoms. The summed E-state index contributed by atoms with van der Waals surface area (Å²) in [5.74, 6) is 0.0431. The highest BCUT2D eigenvalue weighted by Gasteiger charge is 2.09. The lowest BCUT2D eigenvalue weighted by Gasteiger charge is -2.26. The number of amides is 1. The van der Waals surface area contributed by atoms with Crippen molar-refractivity contribution in [3.63, 3.8) is 0 Å². The minimum Gasteiger partial charge on any atom is -0.352 e. The molecule has 1 aromatic carbocycles. The van der Waals surface area contributed by atoms with Crippen LogP contribution in [-0.2, 0) is 0 Å². The van der Waals surface area contributed by atoms with E-state index in [2.05, 4.69) is 16.6 Å². The van der Waals surface area contributed by atoms with Crippen LogP contribution in [0.5, 0.6) is 0 Å². The number of rotatable bonds is 7. The summed E-state index contributed by atoms with van der Waals surface area (Å²) in [6.45, 7) is 6.47. The maximum absolute atomic E-state index is 11.9. The van der Waals surface area contributed by atoms with Crippen LogP contribution in [-0.4, -0.2) is 37.0 Å². The normalized spacial score (nSPS) is 15.9. The van der Waals surface area contributed by atoms with Crippen molar-refractivity contribution in [3.05, 3.63) is 41.8 Å². The van der Waals surface area contributed by atoms with Gasteiger partial charge in [-0.1, -0.05) is 24.1 Å². The molecule has 0 saturated carbocycles. The van der Waals surface area contributed by atoms with Crippen LogP contribution in [0.1, 0.15) is 48.0 Å². The highest BCUT2D eigenvalue weighted by molar-refractivity contribution is 5.94. The summed E-state index contributed by atoms with van der Waals surface area (Å²) in [5, 5.41) is 3.00. The molecule has 1 aliphatic heterocycles. The monoisotopic (exact) mass is 287 g/mol. The van der Waals surface area contributed by atoms with Crippen LogP contribution in [0.3, 0.4) is 0 Å². The highest BCUT2D eigenvalue weighted by atomic mass is 16.1. The van der Waals surface area contributed by atoms with E-state index >= 15 is 0 Å². The molecule has 1 fully saturated rings. The number of piperidine rings is 1. The van der Waals surface area contributed by atoms with Gasteiger partial charge in [-0.2, -0.15) is 0 Å². The zero-order chi connectivity index (χ0) is 14.9. The number of likely N-dealkylation sites (tertiary alicyclic amines) is 1. The predicted octanol–water partition coefficient (Wildman–Crippen LogP) is 3.20. The third kappa shape index (κ3) is 5.88. The lowest BCUT2D eigenvalue weighted by molar-refractivity contribution is 0.0953. The zero-order valence-corrected chi connectivity index (χ0v) is 13.1. The van der Waals surface area contributed by atoms with Crippen LogP contribution in [0.25, 0.3) is 0 Å². The predicted molar refractivity (Wildman–Crippen MR) is 87.3 cm³/mol. The van der Waals surface area contributed by atoms with E-state index in [0.717, 1.165) is 18.5 Å². The highest BCUT2D eigenvalue weighted by Crippen LogP contribution is 2.09. The Bertz CT molecular complexity index is 421. The van der Waals surface area contributed by atoms with Crippen LogP contribution in [0.2, 0.25) is 0 Å². The molecule has 0 unspecified atom stereocenters. The van der Waals surface area contributed by atoms with Gasteiger partial charge in [0.1, 0.15) is 0 Å². The SMILES string of the molecule is Cc1ccc(C(=O)NCCCCCN2CC[CH]CC2)cc1. The summed E-state index contributed by atoms with van der Waals surface area (Å²) in [6, 6.07) is 7.73. The molecule has 0 aromatic heterocycles. The first kappa shape index (κ1) is 16.0. The number of hydrogen-bond donors (Lipinski definition) is 1. The Balaban J connectivity index is 1.53. The van der Waals surface area contributed by atoms with Crippen molar-refractivity contribution in [1.29, 1.82) is 0 Å². The molecule has 1 aromatic rings. The van der Waals surface area contributed by atoms with Gasteiger partial charge in [-0.25, -0.2) is 0 Å². The molecule has 1 radical (unpaired) electrons. The van der Waals surface area contributed by atoms with Gasteiger partial charge < -0.3 is 10.2 Å². The summed E-state index contributed by atoms with van der Waals surface area (Å²) in [7, 11) is 0. The van der Waals surface area contributed by atoms with Gasteiger partial charge in [0.15, 0.2) is 0 Å². The first-order valence-corrected chi connectivity index (χ1v) is 8.14. The van der Waals surface area contributed by atoms with Gasteiger partial charge >= 0.3 is 0 Å². The molecule has 3 nitrogen and oxygen atoms in total. The van der Waals surface area contributed by atoms with E-state index in [4.69, 9.17) is 0 Å². The second kappa shape index (κ2) is 8.83. The van der Waals surface area contributed by atoms with E-state index in [0.29, 0.717) is 0 Å². The number of hydrogen-bond acceptors (Lipinski definition) is 2. The van der Waals surface area contributed by atoms with E-state index in [-0.39, 0.29) is 5.91 Å². The first-order chi connectivity index (χ1) is 10.3. The molecular weight excluding hydrogens is 260 g/mol. The standard InChI is InChI=1S/C18H27N2O/c1-16-8-10-17(11-9-16)18(21)19-12-4-2-5-13-20-14-6-3-7-15-20/h3,8-11H,2,4-7,12-15H2,1H3,(H,19,21). The summed E-state index contributed by atoms with van der Waals surface area (Å²) >= 11 is 0. The van der Waals surface area contributed by atoms with E-state index in [1.807, 2.05) is 31.2 Å². The minimum atomic E-state index is 0.0431. The fraction of sp³-hybridized carbons (Fsp3) is 0.556. The molecule has 2 rings (SSSR count). The molecule has 1 amide bonds. The maximum Gasteiger partial charge on any atom is 0.251 e. The summed E-state index contributed by atoms with van der Waals surface area (Å²) < 4.78 is 0. The van der Waals surface area contributed by atoms with Crippen molar-refractivity contribution in [2.45, 2.75) is 39.0 Å². The molecule has 1 heterocycles. The Kier molecular flexibility index (Phi) is 6.74. The summed E-state index contributed by atoms with van der Waals surface area (Å²) in [5.41, 5.74) is 1.94. The average Bonchev–Trinajstić information content (AvgIpc) is 2.52. The molecule has 0 bridgehead atoms. The van der Waals surface area contributed by atoms with Crippen molar-refractivity contribution >= 4 is 5.91 Å². The first-order valence-electron chi connectivity index (χ1n) is 8.14. The van der Waals surface area contributed by atoms with Gasteiger partial charge in [-0.15, -0.1) is 0 Å². The number of carbonyl (C=O) groups is 1. The largest absolute Gasteiger partial charge is 0.352 e. The van der Waals surface area contributed by atoms with Gasteiger partial charge in [0, 0.05) is 12.1 Å². The van der Waals surface area contributed by atoms with Crippen molar-refractivity contribution < 1.29 is 4.79 Å². The number of benzene rings is 1. The molecule has 1 aliphatic rings. The molecule has 115 valence electrons. The lowest BCUT2D eigenvalue weighted by Crippen LogP contribution is -2.31.